The van der Waals surface area contributed by atoms with Gasteiger partial charge in [0.2, 0.25) is 0 Å². The minimum Gasteiger partial charge on any atom is -0.484 e. The quantitative estimate of drug-likeness (QED) is 0.469. The summed E-state index contributed by atoms with van der Waals surface area (Å²) in [6, 6.07) is 8.20. The molecule has 1 aliphatic rings. The van der Waals surface area contributed by atoms with Gasteiger partial charge in [0.05, 0.1) is 5.69 Å². The summed E-state index contributed by atoms with van der Waals surface area (Å²) in [5.74, 6) is 0.271. The van der Waals surface area contributed by atoms with E-state index in [0.717, 1.165) is 30.3 Å². The molecule has 0 bridgehead atoms. The molecule has 0 atom stereocenters. The van der Waals surface area contributed by atoms with Crippen molar-refractivity contribution in [2.75, 3.05) is 18.1 Å². The molecule has 2 aromatic heterocycles. The first-order valence-corrected chi connectivity index (χ1v) is 10.0. The Kier molecular flexibility index (Phi) is 5.25. The summed E-state index contributed by atoms with van der Waals surface area (Å²) in [4.78, 5) is 31.7. The first-order valence-electron chi connectivity index (χ1n) is 9.20. The topological polar surface area (TPSA) is 72.6 Å². The van der Waals surface area contributed by atoms with Crippen molar-refractivity contribution >= 4 is 33.3 Å². The zero-order valence-corrected chi connectivity index (χ0v) is 16.2. The van der Waals surface area contributed by atoms with Crippen molar-refractivity contribution in [1.29, 1.82) is 0 Å². The monoisotopic (exact) mass is 396 g/mol. The molecule has 1 amide bonds. The number of anilines is 1. The van der Waals surface area contributed by atoms with Gasteiger partial charge in [-0.25, -0.2) is 9.78 Å². The van der Waals surface area contributed by atoms with Gasteiger partial charge >= 0.3 is 5.63 Å². The van der Waals surface area contributed by atoms with Crippen LogP contribution in [-0.2, 0) is 17.6 Å². The predicted molar refractivity (Wildman–Crippen MR) is 109 cm³/mol. The summed E-state index contributed by atoms with van der Waals surface area (Å²) in [6.07, 6.45) is 6.00. The molecule has 0 radical (unpaired) electrons. The Hall–Kier alpha value is -2.93. The van der Waals surface area contributed by atoms with Crippen LogP contribution < -0.4 is 15.3 Å². The van der Waals surface area contributed by atoms with Crippen LogP contribution in [-0.4, -0.2) is 24.0 Å². The van der Waals surface area contributed by atoms with Gasteiger partial charge in [-0.05, 0) is 43.9 Å². The number of nitrogens with zero attached hydrogens (tertiary/aromatic N) is 2. The maximum atomic E-state index is 12.8. The van der Waals surface area contributed by atoms with E-state index in [2.05, 4.69) is 11.6 Å². The highest BCUT2D eigenvalue weighted by Gasteiger charge is 2.22. The van der Waals surface area contributed by atoms with E-state index in [1.54, 1.807) is 46.6 Å². The van der Waals surface area contributed by atoms with Gasteiger partial charge in [-0.3, -0.25) is 9.69 Å². The molecule has 0 unspecified atom stereocenters. The number of ether oxygens (including phenoxy) is 1. The van der Waals surface area contributed by atoms with E-state index >= 15 is 0 Å². The zero-order valence-electron chi connectivity index (χ0n) is 15.3. The lowest BCUT2D eigenvalue weighted by Gasteiger charge is -2.18. The number of benzene rings is 1. The number of fused-ring (bicyclic) bond motifs is 2. The average molecular weight is 396 g/mol. The van der Waals surface area contributed by atoms with Crippen LogP contribution in [0.15, 0.2) is 52.2 Å². The molecule has 2 heterocycles. The summed E-state index contributed by atoms with van der Waals surface area (Å²) in [5.41, 5.74) is 1.11. The molecule has 0 saturated carbocycles. The van der Waals surface area contributed by atoms with Crippen LogP contribution in [0.2, 0.25) is 0 Å². The van der Waals surface area contributed by atoms with E-state index < -0.39 is 5.63 Å². The third kappa shape index (κ3) is 3.84. The Morgan fingerprint density at radius 1 is 1.29 bits per heavy atom. The van der Waals surface area contributed by atoms with Gasteiger partial charge < -0.3 is 9.15 Å². The summed E-state index contributed by atoms with van der Waals surface area (Å²) in [7, 11) is 0. The maximum absolute atomic E-state index is 12.8. The van der Waals surface area contributed by atoms with Crippen LogP contribution in [0, 0.1) is 0 Å². The number of carbonyl (C=O) groups is 1. The zero-order chi connectivity index (χ0) is 19.5. The van der Waals surface area contributed by atoms with Crippen molar-refractivity contribution in [3.8, 4) is 5.75 Å². The fourth-order valence-corrected chi connectivity index (χ4v) is 4.40. The van der Waals surface area contributed by atoms with Crippen molar-refractivity contribution in [2.24, 2.45) is 0 Å². The number of aryl methyl sites for hydroxylation is 2. The maximum Gasteiger partial charge on any atom is 0.336 e. The molecule has 0 saturated heterocycles. The van der Waals surface area contributed by atoms with E-state index in [1.807, 2.05) is 0 Å². The smallest absolute Gasteiger partial charge is 0.336 e. The first kappa shape index (κ1) is 18.4. The van der Waals surface area contributed by atoms with Crippen LogP contribution in [0.5, 0.6) is 5.75 Å². The van der Waals surface area contributed by atoms with Crippen molar-refractivity contribution in [3.05, 3.63) is 64.0 Å². The van der Waals surface area contributed by atoms with E-state index in [9.17, 15) is 9.59 Å². The lowest BCUT2D eigenvalue weighted by molar-refractivity contribution is -0.120. The van der Waals surface area contributed by atoms with Crippen LogP contribution in [0.4, 0.5) is 5.13 Å². The van der Waals surface area contributed by atoms with E-state index in [1.165, 1.54) is 17.4 Å². The highest BCUT2D eigenvalue weighted by atomic mass is 32.1. The minimum atomic E-state index is -0.425. The van der Waals surface area contributed by atoms with Gasteiger partial charge in [-0.15, -0.1) is 17.9 Å². The number of rotatable bonds is 6. The van der Waals surface area contributed by atoms with Crippen LogP contribution in [0.3, 0.4) is 0 Å². The van der Waals surface area contributed by atoms with Gasteiger partial charge in [-0.2, -0.15) is 0 Å². The minimum absolute atomic E-state index is 0.138. The summed E-state index contributed by atoms with van der Waals surface area (Å²) >= 11 is 1.58. The second kappa shape index (κ2) is 7.98. The van der Waals surface area contributed by atoms with Gasteiger partial charge in [-0.1, -0.05) is 6.08 Å². The number of carbonyl (C=O) groups excluding carboxylic acids is 1. The molecule has 1 aliphatic carbocycles. The molecule has 6 nitrogen and oxygen atoms in total. The molecule has 0 spiro atoms. The van der Waals surface area contributed by atoms with Crippen LogP contribution in [0.1, 0.15) is 23.4 Å². The standard InChI is InChI=1S/C21H20N2O4S/c1-2-11-23(21-22-16-5-3-4-6-18(16)28-21)19(24)13-26-15-9-7-14-8-10-20(25)27-17(14)12-15/h2,7-10,12H,1,3-6,11,13H2. The molecule has 1 aromatic carbocycles. The van der Waals surface area contributed by atoms with Crippen LogP contribution in [0.25, 0.3) is 11.0 Å². The molecule has 144 valence electrons. The lowest BCUT2D eigenvalue weighted by atomic mass is 10.0. The SMILES string of the molecule is C=CCN(C(=O)COc1ccc2ccc(=O)oc2c1)c1nc2c(s1)CCCC2. The van der Waals surface area contributed by atoms with Gasteiger partial charge in [0.1, 0.15) is 11.3 Å². The Morgan fingerprint density at radius 3 is 2.93 bits per heavy atom. The van der Waals surface area contributed by atoms with Gasteiger partial charge in [0, 0.05) is 28.9 Å². The molecule has 7 heteroatoms. The molecule has 0 aliphatic heterocycles. The summed E-state index contributed by atoms with van der Waals surface area (Å²) in [5, 5.41) is 1.49. The Morgan fingerprint density at radius 2 is 2.11 bits per heavy atom. The summed E-state index contributed by atoms with van der Waals surface area (Å²) in [6.45, 7) is 3.99. The van der Waals surface area contributed by atoms with E-state index in [-0.39, 0.29) is 12.5 Å². The fraction of sp³-hybridized carbons (Fsp3) is 0.286. The molecule has 4 rings (SSSR count). The highest BCUT2D eigenvalue weighted by Crippen LogP contribution is 2.32. The third-order valence-corrected chi connectivity index (χ3v) is 5.82. The number of amides is 1. The predicted octanol–water partition coefficient (Wildman–Crippen LogP) is 3.73. The molecular formula is C21H20N2O4S. The number of hydrogen-bond donors (Lipinski definition) is 0. The second-order valence-corrected chi connectivity index (χ2v) is 7.67. The fourth-order valence-electron chi connectivity index (χ4n) is 3.22. The largest absolute Gasteiger partial charge is 0.484 e. The van der Waals surface area contributed by atoms with Crippen LogP contribution >= 0.6 is 11.3 Å². The van der Waals surface area contributed by atoms with Crippen molar-refractivity contribution < 1.29 is 13.9 Å². The molecule has 28 heavy (non-hydrogen) atoms. The Bertz CT molecular complexity index is 1060. The third-order valence-electron chi connectivity index (χ3n) is 4.63. The van der Waals surface area contributed by atoms with Crippen molar-refractivity contribution in [3.63, 3.8) is 0 Å². The highest BCUT2D eigenvalue weighted by molar-refractivity contribution is 7.16. The number of aromatic nitrogens is 1. The normalized spacial score (nSPS) is 13.1. The lowest BCUT2D eigenvalue weighted by Crippen LogP contribution is -2.35. The van der Waals surface area contributed by atoms with Crippen molar-refractivity contribution in [1.82, 2.24) is 4.98 Å². The second-order valence-electron chi connectivity index (χ2n) is 6.61. The molecular weight excluding hydrogens is 376 g/mol. The van der Waals surface area contributed by atoms with E-state index in [4.69, 9.17) is 9.15 Å². The molecule has 0 fully saturated rings. The Balaban J connectivity index is 1.49. The average Bonchev–Trinajstić information content (AvgIpc) is 3.13. The Labute approximate surface area is 166 Å². The van der Waals surface area contributed by atoms with Gasteiger partial charge in [0.25, 0.3) is 5.91 Å². The molecule has 0 N–H and O–H groups in total. The van der Waals surface area contributed by atoms with Crippen molar-refractivity contribution in [2.45, 2.75) is 25.7 Å². The van der Waals surface area contributed by atoms with E-state index in [0.29, 0.717) is 23.0 Å². The molecule has 3 aromatic rings. The number of thiazole rings is 1. The number of hydrogen-bond acceptors (Lipinski definition) is 6. The summed E-state index contributed by atoms with van der Waals surface area (Å²) < 4.78 is 10.8. The first-order chi connectivity index (χ1) is 13.6. The van der Waals surface area contributed by atoms with Gasteiger partial charge in [0.15, 0.2) is 11.7 Å².